The highest BCUT2D eigenvalue weighted by Gasteiger charge is 2.32. The van der Waals surface area contributed by atoms with Crippen molar-refractivity contribution in [2.24, 2.45) is 5.92 Å². The summed E-state index contributed by atoms with van der Waals surface area (Å²) in [5.74, 6) is 0.309. The number of hydrogen-bond acceptors (Lipinski definition) is 5. The SMILES string of the molecule is CS(=O)(=O)OCC1CCN(CCCOc2ccc(Cl)cc2)C1=O. The quantitative estimate of drug-likeness (QED) is 0.522. The predicted octanol–water partition coefficient (Wildman–Crippen LogP) is 1.93. The van der Waals surface area contributed by atoms with Gasteiger partial charge in [-0.15, -0.1) is 0 Å². The van der Waals surface area contributed by atoms with Gasteiger partial charge in [0, 0.05) is 18.1 Å². The summed E-state index contributed by atoms with van der Waals surface area (Å²) >= 11 is 5.80. The van der Waals surface area contributed by atoms with Crippen molar-refractivity contribution in [2.45, 2.75) is 12.8 Å². The van der Waals surface area contributed by atoms with E-state index in [2.05, 4.69) is 0 Å². The Morgan fingerprint density at radius 1 is 1.30 bits per heavy atom. The minimum absolute atomic E-state index is 0.0554. The predicted molar refractivity (Wildman–Crippen MR) is 87.0 cm³/mol. The van der Waals surface area contributed by atoms with Crippen LogP contribution in [0.1, 0.15) is 12.8 Å². The Kier molecular flexibility index (Phi) is 6.26. The van der Waals surface area contributed by atoms with Crippen LogP contribution in [0.15, 0.2) is 24.3 Å². The van der Waals surface area contributed by atoms with E-state index < -0.39 is 10.1 Å². The number of carbonyl (C=O) groups excluding carboxylic acids is 1. The Balaban J connectivity index is 1.68. The molecule has 1 aliphatic heterocycles. The summed E-state index contributed by atoms with van der Waals surface area (Å²) in [6.45, 7) is 1.63. The van der Waals surface area contributed by atoms with Gasteiger partial charge in [-0.05, 0) is 37.1 Å². The van der Waals surface area contributed by atoms with Crippen molar-refractivity contribution in [3.05, 3.63) is 29.3 Å². The van der Waals surface area contributed by atoms with Crippen LogP contribution in [0.25, 0.3) is 0 Å². The molecular weight excluding hydrogens is 342 g/mol. The number of nitrogens with zero attached hydrogens (tertiary/aromatic N) is 1. The zero-order chi connectivity index (χ0) is 16.9. The molecule has 1 heterocycles. The highest BCUT2D eigenvalue weighted by atomic mass is 35.5. The molecule has 1 aromatic carbocycles. The van der Waals surface area contributed by atoms with E-state index in [1.165, 1.54) is 0 Å². The Bertz CT molecular complexity index is 632. The number of carbonyl (C=O) groups is 1. The van der Waals surface area contributed by atoms with Gasteiger partial charge < -0.3 is 9.64 Å². The molecule has 1 amide bonds. The van der Waals surface area contributed by atoms with Crippen LogP contribution < -0.4 is 4.74 Å². The molecule has 1 aromatic rings. The molecular formula is C15H20ClNO5S. The van der Waals surface area contributed by atoms with Crippen molar-refractivity contribution < 1.29 is 22.1 Å². The molecule has 0 bridgehead atoms. The van der Waals surface area contributed by atoms with Gasteiger partial charge in [0.25, 0.3) is 10.1 Å². The standard InChI is InChI=1S/C15H20ClNO5S/c1-23(19,20)22-11-12-7-9-17(15(12)18)8-2-10-21-14-5-3-13(16)4-6-14/h3-6,12H,2,7-11H2,1H3. The van der Waals surface area contributed by atoms with Crippen LogP contribution in [-0.2, 0) is 19.1 Å². The van der Waals surface area contributed by atoms with E-state index in [-0.39, 0.29) is 18.4 Å². The molecule has 0 aliphatic carbocycles. The second kappa shape index (κ2) is 7.99. The molecule has 0 spiro atoms. The van der Waals surface area contributed by atoms with Gasteiger partial charge >= 0.3 is 0 Å². The first-order valence-electron chi connectivity index (χ1n) is 7.37. The minimum Gasteiger partial charge on any atom is -0.494 e. The van der Waals surface area contributed by atoms with Crippen molar-refractivity contribution in [2.75, 3.05) is 32.6 Å². The fourth-order valence-corrected chi connectivity index (χ4v) is 2.90. The Morgan fingerprint density at radius 2 is 2.00 bits per heavy atom. The zero-order valence-electron chi connectivity index (χ0n) is 12.9. The first kappa shape index (κ1) is 18.0. The van der Waals surface area contributed by atoms with E-state index in [4.69, 9.17) is 20.5 Å². The monoisotopic (exact) mass is 361 g/mol. The van der Waals surface area contributed by atoms with Crippen LogP contribution in [-0.4, -0.2) is 51.8 Å². The van der Waals surface area contributed by atoms with Crippen molar-refractivity contribution in [1.82, 2.24) is 4.90 Å². The number of benzene rings is 1. The third-order valence-electron chi connectivity index (χ3n) is 3.55. The summed E-state index contributed by atoms with van der Waals surface area (Å²) in [4.78, 5) is 13.8. The van der Waals surface area contributed by atoms with Crippen LogP contribution in [0.3, 0.4) is 0 Å². The molecule has 2 rings (SSSR count). The summed E-state index contributed by atoms with van der Waals surface area (Å²) in [6.07, 6.45) is 2.30. The molecule has 1 fully saturated rings. The summed E-state index contributed by atoms with van der Waals surface area (Å²) in [5.41, 5.74) is 0. The van der Waals surface area contributed by atoms with Gasteiger partial charge in [0.1, 0.15) is 5.75 Å². The molecule has 8 heteroatoms. The van der Waals surface area contributed by atoms with Gasteiger partial charge in [-0.25, -0.2) is 0 Å². The van der Waals surface area contributed by atoms with Crippen molar-refractivity contribution >= 4 is 27.6 Å². The second-order valence-electron chi connectivity index (χ2n) is 5.46. The topological polar surface area (TPSA) is 72.9 Å². The average Bonchev–Trinajstić information content (AvgIpc) is 2.83. The smallest absolute Gasteiger partial charge is 0.264 e. The minimum atomic E-state index is -3.51. The van der Waals surface area contributed by atoms with Gasteiger partial charge in [0.15, 0.2) is 0 Å². The maximum atomic E-state index is 12.1. The fraction of sp³-hybridized carbons (Fsp3) is 0.533. The average molecular weight is 362 g/mol. The van der Waals surface area contributed by atoms with Crippen LogP contribution in [0.5, 0.6) is 5.75 Å². The van der Waals surface area contributed by atoms with E-state index in [0.29, 0.717) is 37.6 Å². The molecule has 0 saturated carbocycles. The summed E-state index contributed by atoms with van der Waals surface area (Å²) in [6, 6.07) is 7.10. The van der Waals surface area contributed by atoms with E-state index in [1.54, 1.807) is 29.2 Å². The lowest BCUT2D eigenvalue weighted by Crippen LogP contribution is -2.30. The zero-order valence-corrected chi connectivity index (χ0v) is 14.5. The number of halogens is 1. The van der Waals surface area contributed by atoms with E-state index in [1.807, 2.05) is 0 Å². The summed E-state index contributed by atoms with van der Waals surface area (Å²) in [5, 5.41) is 0.655. The van der Waals surface area contributed by atoms with Gasteiger partial charge in [-0.2, -0.15) is 8.42 Å². The molecule has 6 nitrogen and oxygen atoms in total. The van der Waals surface area contributed by atoms with Crippen LogP contribution in [0, 0.1) is 5.92 Å². The van der Waals surface area contributed by atoms with Crippen LogP contribution >= 0.6 is 11.6 Å². The molecule has 1 atom stereocenters. The third-order valence-corrected chi connectivity index (χ3v) is 4.36. The lowest BCUT2D eigenvalue weighted by Gasteiger charge is -2.16. The Morgan fingerprint density at radius 3 is 2.65 bits per heavy atom. The van der Waals surface area contributed by atoms with E-state index >= 15 is 0 Å². The Labute approximate surface area is 141 Å². The molecule has 1 saturated heterocycles. The van der Waals surface area contributed by atoms with Gasteiger partial charge in [-0.1, -0.05) is 11.6 Å². The van der Waals surface area contributed by atoms with Gasteiger partial charge in [0.05, 0.1) is 25.4 Å². The highest BCUT2D eigenvalue weighted by molar-refractivity contribution is 7.85. The largest absolute Gasteiger partial charge is 0.494 e. The molecule has 0 aromatic heterocycles. The van der Waals surface area contributed by atoms with Crippen molar-refractivity contribution in [3.63, 3.8) is 0 Å². The maximum Gasteiger partial charge on any atom is 0.264 e. The highest BCUT2D eigenvalue weighted by Crippen LogP contribution is 2.20. The molecule has 23 heavy (non-hydrogen) atoms. The van der Waals surface area contributed by atoms with E-state index in [0.717, 1.165) is 12.0 Å². The summed E-state index contributed by atoms with van der Waals surface area (Å²) < 4.78 is 32.2. The lowest BCUT2D eigenvalue weighted by atomic mass is 10.1. The molecule has 0 radical (unpaired) electrons. The molecule has 1 aliphatic rings. The number of likely N-dealkylation sites (tertiary alicyclic amines) is 1. The number of ether oxygens (including phenoxy) is 1. The molecule has 1 unspecified atom stereocenters. The molecule has 128 valence electrons. The normalized spacial score (nSPS) is 18.4. The first-order chi connectivity index (χ1) is 10.8. The van der Waals surface area contributed by atoms with Crippen LogP contribution in [0.2, 0.25) is 5.02 Å². The fourth-order valence-electron chi connectivity index (χ4n) is 2.36. The van der Waals surface area contributed by atoms with Crippen molar-refractivity contribution in [1.29, 1.82) is 0 Å². The van der Waals surface area contributed by atoms with Gasteiger partial charge in [0.2, 0.25) is 5.91 Å². The van der Waals surface area contributed by atoms with Crippen molar-refractivity contribution in [3.8, 4) is 5.75 Å². The van der Waals surface area contributed by atoms with E-state index in [9.17, 15) is 13.2 Å². The second-order valence-corrected chi connectivity index (χ2v) is 7.54. The first-order valence-corrected chi connectivity index (χ1v) is 9.56. The number of amides is 1. The van der Waals surface area contributed by atoms with Crippen LogP contribution in [0.4, 0.5) is 0 Å². The number of rotatable bonds is 8. The Hall–Kier alpha value is -1.31. The van der Waals surface area contributed by atoms with Gasteiger partial charge in [-0.3, -0.25) is 8.98 Å². The maximum absolute atomic E-state index is 12.1. The third kappa shape index (κ3) is 6.01. The number of hydrogen-bond donors (Lipinski definition) is 0. The lowest BCUT2D eigenvalue weighted by molar-refractivity contribution is -0.131. The summed E-state index contributed by atoms with van der Waals surface area (Å²) in [7, 11) is -3.51. The molecule has 0 N–H and O–H groups in total.